The highest BCUT2D eigenvalue weighted by molar-refractivity contribution is 6.33. The second kappa shape index (κ2) is 8.42. The Hall–Kier alpha value is -2.25. The number of hydrogen-bond donors (Lipinski definition) is 1. The molecule has 0 fully saturated rings. The van der Waals surface area contributed by atoms with Crippen LogP contribution in [0.1, 0.15) is 11.1 Å². The molecule has 2 aromatic carbocycles. The quantitative estimate of drug-likeness (QED) is 0.798. The molecule has 2 rings (SSSR count). The fourth-order valence-electron chi connectivity index (χ4n) is 2.33. The lowest BCUT2D eigenvalue weighted by Gasteiger charge is -2.17. The first-order chi connectivity index (χ1) is 12.2. The smallest absolute Gasteiger partial charge is 0.416 e. The highest BCUT2D eigenvalue weighted by atomic mass is 35.5. The van der Waals surface area contributed by atoms with Crippen molar-refractivity contribution in [1.82, 2.24) is 4.90 Å². The molecule has 2 aromatic rings. The van der Waals surface area contributed by atoms with Crippen molar-refractivity contribution in [1.29, 1.82) is 0 Å². The fraction of sp³-hybridized carbons (Fsp3) is 0.278. The van der Waals surface area contributed by atoms with Gasteiger partial charge in [-0.05, 0) is 42.9 Å². The number of amides is 1. The Bertz CT molecular complexity index is 764. The molecule has 26 heavy (non-hydrogen) atoms. The maximum atomic E-state index is 12.8. The number of anilines is 1. The van der Waals surface area contributed by atoms with Gasteiger partial charge in [0, 0.05) is 6.54 Å². The van der Waals surface area contributed by atoms with Gasteiger partial charge in [-0.1, -0.05) is 23.7 Å². The molecular weight excluding hydrogens is 369 g/mol. The summed E-state index contributed by atoms with van der Waals surface area (Å²) in [6.45, 7) is 0.492. The highest BCUT2D eigenvalue weighted by Crippen LogP contribution is 2.33. The third kappa shape index (κ3) is 5.64. The SMILES string of the molecule is COc1ccc(CN(C)CC(=O)Nc2cc(C(F)(F)F)ccc2Cl)cc1. The van der Waals surface area contributed by atoms with E-state index in [9.17, 15) is 18.0 Å². The van der Waals surface area contributed by atoms with Crippen LogP contribution in [-0.2, 0) is 17.5 Å². The summed E-state index contributed by atoms with van der Waals surface area (Å²) in [6.07, 6.45) is -4.50. The highest BCUT2D eigenvalue weighted by Gasteiger charge is 2.31. The molecule has 0 bridgehead atoms. The molecule has 1 N–H and O–H groups in total. The average Bonchev–Trinajstić information content (AvgIpc) is 2.56. The van der Waals surface area contributed by atoms with Crippen LogP contribution in [0.3, 0.4) is 0 Å². The second-order valence-electron chi connectivity index (χ2n) is 5.76. The van der Waals surface area contributed by atoms with E-state index in [1.165, 1.54) is 0 Å². The topological polar surface area (TPSA) is 41.6 Å². The first kappa shape index (κ1) is 20.1. The molecular formula is C18H18ClF3N2O2. The summed E-state index contributed by atoms with van der Waals surface area (Å²) in [7, 11) is 3.31. The number of carbonyl (C=O) groups is 1. The van der Waals surface area contributed by atoms with Crippen LogP contribution in [0.5, 0.6) is 5.75 Å². The summed E-state index contributed by atoms with van der Waals surface area (Å²) in [5.41, 5.74) is 0.0336. The van der Waals surface area contributed by atoms with Crippen molar-refractivity contribution in [2.45, 2.75) is 12.7 Å². The van der Waals surface area contributed by atoms with E-state index >= 15 is 0 Å². The largest absolute Gasteiger partial charge is 0.497 e. The van der Waals surface area contributed by atoms with Crippen molar-refractivity contribution in [2.75, 3.05) is 26.0 Å². The minimum Gasteiger partial charge on any atom is -0.497 e. The fourth-order valence-corrected chi connectivity index (χ4v) is 2.50. The van der Waals surface area contributed by atoms with E-state index in [1.807, 2.05) is 24.3 Å². The van der Waals surface area contributed by atoms with Crippen LogP contribution >= 0.6 is 11.6 Å². The maximum absolute atomic E-state index is 12.8. The molecule has 1 amide bonds. The molecule has 0 radical (unpaired) electrons. The molecule has 4 nitrogen and oxygen atoms in total. The number of ether oxygens (including phenoxy) is 1. The van der Waals surface area contributed by atoms with Crippen molar-refractivity contribution >= 4 is 23.2 Å². The number of alkyl halides is 3. The molecule has 0 aliphatic carbocycles. The third-order valence-electron chi connectivity index (χ3n) is 3.59. The maximum Gasteiger partial charge on any atom is 0.416 e. The van der Waals surface area contributed by atoms with Crippen LogP contribution in [0.15, 0.2) is 42.5 Å². The minimum absolute atomic E-state index is 0.00139. The summed E-state index contributed by atoms with van der Waals surface area (Å²) in [4.78, 5) is 13.8. The lowest BCUT2D eigenvalue weighted by atomic mass is 10.2. The number of benzene rings is 2. The predicted molar refractivity (Wildman–Crippen MR) is 94.4 cm³/mol. The van der Waals surface area contributed by atoms with E-state index in [1.54, 1.807) is 19.1 Å². The summed E-state index contributed by atoms with van der Waals surface area (Å²) in [5.74, 6) is 0.274. The van der Waals surface area contributed by atoms with Crippen molar-refractivity contribution in [2.24, 2.45) is 0 Å². The van der Waals surface area contributed by atoms with Gasteiger partial charge in [-0.25, -0.2) is 0 Å². The Morgan fingerprint density at radius 1 is 1.19 bits per heavy atom. The molecule has 0 unspecified atom stereocenters. The Kier molecular flexibility index (Phi) is 6.50. The summed E-state index contributed by atoms with van der Waals surface area (Å²) < 4.78 is 43.4. The molecule has 8 heteroatoms. The van der Waals surface area contributed by atoms with Crippen molar-refractivity contribution < 1.29 is 22.7 Å². The van der Waals surface area contributed by atoms with Crippen molar-refractivity contribution in [3.8, 4) is 5.75 Å². The Labute approximate surface area is 154 Å². The number of carbonyl (C=O) groups excluding carboxylic acids is 1. The zero-order chi connectivity index (χ0) is 19.3. The van der Waals surface area contributed by atoms with Gasteiger partial charge in [0.1, 0.15) is 5.75 Å². The van der Waals surface area contributed by atoms with Crippen LogP contribution in [0, 0.1) is 0 Å². The number of hydrogen-bond acceptors (Lipinski definition) is 3. The summed E-state index contributed by atoms with van der Waals surface area (Å²) in [5, 5.41) is 2.47. The first-order valence-electron chi connectivity index (χ1n) is 7.67. The first-order valence-corrected chi connectivity index (χ1v) is 8.05. The molecule has 0 heterocycles. The van der Waals surface area contributed by atoms with E-state index in [4.69, 9.17) is 16.3 Å². The minimum atomic E-state index is -4.50. The lowest BCUT2D eigenvalue weighted by Crippen LogP contribution is -2.30. The molecule has 140 valence electrons. The van der Waals surface area contributed by atoms with Crippen LogP contribution in [0.2, 0.25) is 5.02 Å². The van der Waals surface area contributed by atoms with E-state index in [2.05, 4.69) is 5.32 Å². The third-order valence-corrected chi connectivity index (χ3v) is 3.92. The standard InChI is InChI=1S/C18H18ClF3N2O2/c1-24(10-12-3-6-14(26-2)7-4-12)11-17(25)23-16-9-13(18(20,21)22)5-8-15(16)19/h3-9H,10-11H2,1-2H3,(H,23,25). The number of likely N-dealkylation sites (N-methyl/N-ethyl adjacent to an activating group) is 1. The van der Waals surface area contributed by atoms with Crippen LogP contribution in [0.4, 0.5) is 18.9 Å². The Morgan fingerprint density at radius 3 is 2.42 bits per heavy atom. The van der Waals surface area contributed by atoms with E-state index in [0.717, 1.165) is 29.5 Å². The zero-order valence-corrected chi connectivity index (χ0v) is 15.0. The van der Waals surface area contributed by atoms with Gasteiger partial charge in [0.2, 0.25) is 5.91 Å². The number of methoxy groups -OCH3 is 1. The van der Waals surface area contributed by atoms with Crippen molar-refractivity contribution in [3.63, 3.8) is 0 Å². The molecule has 0 aliphatic heterocycles. The van der Waals surface area contributed by atoms with Gasteiger partial charge >= 0.3 is 6.18 Å². The van der Waals surface area contributed by atoms with E-state index < -0.39 is 17.6 Å². The summed E-state index contributed by atoms with van der Waals surface area (Å²) in [6, 6.07) is 10.2. The van der Waals surface area contributed by atoms with Gasteiger partial charge in [0.15, 0.2) is 0 Å². The molecule has 0 spiro atoms. The van der Waals surface area contributed by atoms with Gasteiger partial charge in [-0.3, -0.25) is 9.69 Å². The molecule has 0 atom stereocenters. The summed E-state index contributed by atoms with van der Waals surface area (Å²) >= 11 is 5.88. The Balaban J connectivity index is 1.97. The number of nitrogens with zero attached hydrogens (tertiary/aromatic N) is 1. The van der Waals surface area contributed by atoms with Crippen molar-refractivity contribution in [3.05, 3.63) is 58.6 Å². The zero-order valence-electron chi connectivity index (χ0n) is 14.2. The molecule has 0 aromatic heterocycles. The average molecular weight is 387 g/mol. The molecule has 0 saturated carbocycles. The lowest BCUT2D eigenvalue weighted by molar-refractivity contribution is -0.137. The van der Waals surface area contributed by atoms with Gasteiger partial charge in [0.25, 0.3) is 0 Å². The molecule has 0 saturated heterocycles. The van der Waals surface area contributed by atoms with Gasteiger partial charge < -0.3 is 10.1 Å². The monoisotopic (exact) mass is 386 g/mol. The number of nitrogens with one attached hydrogen (secondary N) is 1. The van der Waals surface area contributed by atoms with Crippen LogP contribution in [-0.4, -0.2) is 31.5 Å². The normalized spacial score (nSPS) is 11.5. The number of rotatable bonds is 6. The van der Waals surface area contributed by atoms with Gasteiger partial charge in [-0.2, -0.15) is 13.2 Å². The Morgan fingerprint density at radius 2 is 1.85 bits per heavy atom. The van der Waals surface area contributed by atoms with Gasteiger partial charge in [0.05, 0.1) is 29.9 Å². The second-order valence-corrected chi connectivity index (χ2v) is 6.17. The van der Waals surface area contributed by atoms with E-state index in [-0.39, 0.29) is 17.3 Å². The van der Waals surface area contributed by atoms with Crippen LogP contribution < -0.4 is 10.1 Å². The molecule has 0 aliphatic rings. The van der Waals surface area contributed by atoms with E-state index in [0.29, 0.717) is 6.54 Å². The van der Waals surface area contributed by atoms with Gasteiger partial charge in [-0.15, -0.1) is 0 Å². The number of halogens is 4. The predicted octanol–water partition coefficient (Wildman–Crippen LogP) is 4.44. The van der Waals surface area contributed by atoms with Crippen LogP contribution in [0.25, 0.3) is 0 Å².